The molecule has 2 rings (SSSR count). The Hall–Kier alpha value is -1.33. The Labute approximate surface area is 131 Å². The number of carbonyl (C=O) groups is 1. The minimum atomic E-state index is -0.379. The van der Waals surface area contributed by atoms with Crippen LogP contribution in [0.25, 0.3) is 0 Å². The van der Waals surface area contributed by atoms with E-state index in [2.05, 4.69) is 5.32 Å². The Kier molecular flexibility index (Phi) is 7.47. The Morgan fingerprint density at radius 3 is 2.86 bits per heavy atom. The van der Waals surface area contributed by atoms with Crippen LogP contribution >= 0.6 is 12.4 Å². The zero-order valence-corrected chi connectivity index (χ0v) is 13.0. The molecule has 0 saturated carbocycles. The second-order valence-electron chi connectivity index (χ2n) is 5.04. The van der Waals surface area contributed by atoms with Crippen LogP contribution in [0.3, 0.4) is 0 Å². The molecule has 1 aliphatic heterocycles. The number of benzene rings is 1. The molecular formula is C15H22ClFN2O2. The fourth-order valence-corrected chi connectivity index (χ4v) is 2.29. The third-order valence-electron chi connectivity index (χ3n) is 3.51. The number of piperidine rings is 1. The van der Waals surface area contributed by atoms with E-state index in [0.717, 1.165) is 25.8 Å². The van der Waals surface area contributed by atoms with Gasteiger partial charge >= 0.3 is 0 Å². The van der Waals surface area contributed by atoms with Gasteiger partial charge in [-0.3, -0.25) is 4.79 Å². The molecule has 6 heteroatoms. The van der Waals surface area contributed by atoms with E-state index in [0.29, 0.717) is 6.54 Å². The highest BCUT2D eigenvalue weighted by molar-refractivity contribution is 5.85. The van der Waals surface area contributed by atoms with Crippen molar-refractivity contribution in [2.45, 2.75) is 25.3 Å². The van der Waals surface area contributed by atoms with Gasteiger partial charge < -0.3 is 15.0 Å². The van der Waals surface area contributed by atoms with Crippen molar-refractivity contribution in [1.82, 2.24) is 10.2 Å². The first-order valence-electron chi connectivity index (χ1n) is 7.04. The van der Waals surface area contributed by atoms with Crippen molar-refractivity contribution in [1.29, 1.82) is 0 Å². The average Bonchev–Trinajstić information content (AvgIpc) is 2.49. The number of likely N-dealkylation sites (N-methyl/N-ethyl adjacent to an activating group) is 1. The summed E-state index contributed by atoms with van der Waals surface area (Å²) in [6, 6.07) is 6.20. The molecule has 1 heterocycles. The molecule has 0 aliphatic carbocycles. The summed E-state index contributed by atoms with van der Waals surface area (Å²) in [6.45, 7) is 1.64. The van der Waals surface area contributed by atoms with Crippen LogP contribution in [0.2, 0.25) is 0 Å². The minimum absolute atomic E-state index is 0. The molecule has 118 valence electrons. The summed E-state index contributed by atoms with van der Waals surface area (Å²) in [5, 5.41) is 3.22. The van der Waals surface area contributed by atoms with Gasteiger partial charge in [-0.2, -0.15) is 0 Å². The molecule has 0 aromatic heterocycles. The summed E-state index contributed by atoms with van der Waals surface area (Å²) in [4.78, 5) is 13.8. The van der Waals surface area contributed by atoms with Gasteiger partial charge in [0.05, 0.1) is 12.6 Å². The predicted molar refractivity (Wildman–Crippen MR) is 82.4 cm³/mol. The van der Waals surface area contributed by atoms with Gasteiger partial charge in [0.1, 0.15) is 6.61 Å². The van der Waals surface area contributed by atoms with Gasteiger partial charge in [-0.05, 0) is 31.5 Å². The second-order valence-corrected chi connectivity index (χ2v) is 5.04. The Balaban J connectivity index is 0.00000220. The summed E-state index contributed by atoms with van der Waals surface area (Å²) >= 11 is 0. The minimum Gasteiger partial charge on any atom is -0.489 e. The number of ether oxygens (including phenoxy) is 1. The van der Waals surface area contributed by atoms with Crippen LogP contribution in [0, 0.1) is 5.82 Å². The van der Waals surface area contributed by atoms with Gasteiger partial charge in [0.25, 0.3) is 0 Å². The first-order valence-corrected chi connectivity index (χ1v) is 7.04. The van der Waals surface area contributed by atoms with E-state index in [1.165, 1.54) is 6.07 Å². The second kappa shape index (κ2) is 8.85. The lowest BCUT2D eigenvalue weighted by Gasteiger charge is -2.27. The molecule has 1 amide bonds. The summed E-state index contributed by atoms with van der Waals surface area (Å²) in [7, 11) is 1.75. The zero-order valence-electron chi connectivity index (χ0n) is 12.2. The highest BCUT2D eigenvalue weighted by Crippen LogP contribution is 2.15. The van der Waals surface area contributed by atoms with Crippen molar-refractivity contribution in [2.75, 3.05) is 26.7 Å². The molecule has 1 N–H and O–H groups in total. The Morgan fingerprint density at radius 2 is 2.19 bits per heavy atom. The maximum atomic E-state index is 13.3. The Morgan fingerprint density at radius 1 is 1.43 bits per heavy atom. The fourth-order valence-electron chi connectivity index (χ4n) is 2.29. The maximum absolute atomic E-state index is 13.3. The molecule has 0 unspecified atom stereocenters. The van der Waals surface area contributed by atoms with Gasteiger partial charge in [-0.1, -0.05) is 18.6 Å². The molecule has 1 aliphatic rings. The molecule has 1 aromatic carbocycles. The largest absolute Gasteiger partial charge is 0.489 e. The number of amides is 1. The number of carbonyl (C=O) groups excluding carboxylic acids is 1. The SMILES string of the molecule is CN(CCOc1ccccc1F)C(=O)[C@@H]1CCCCN1.Cl. The molecule has 1 atom stereocenters. The van der Waals surface area contributed by atoms with Crippen LogP contribution in [0.5, 0.6) is 5.75 Å². The van der Waals surface area contributed by atoms with Gasteiger partial charge in [-0.15, -0.1) is 12.4 Å². The number of para-hydroxylation sites is 1. The van der Waals surface area contributed by atoms with E-state index < -0.39 is 0 Å². The van der Waals surface area contributed by atoms with Crippen molar-refractivity contribution >= 4 is 18.3 Å². The standard InChI is InChI=1S/C15H21FN2O2.ClH/c1-18(15(19)13-7-4-5-9-17-13)10-11-20-14-8-3-2-6-12(14)16;/h2-3,6,8,13,17H,4-5,7,9-11H2,1H3;1H/t13-;/m0./s1. The molecule has 4 nitrogen and oxygen atoms in total. The average molecular weight is 317 g/mol. The van der Waals surface area contributed by atoms with Crippen molar-refractivity contribution in [3.63, 3.8) is 0 Å². The fraction of sp³-hybridized carbons (Fsp3) is 0.533. The van der Waals surface area contributed by atoms with E-state index in [-0.39, 0.29) is 42.5 Å². The van der Waals surface area contributed by atoms with Crippen LogP contribution in [-0.4, -0.2) is 43.6 Å². The highest BCUT2D eigenvalue weighted by Gasteiger charge is 2.23. The third kappa shape index (κ3) is 5.17. The van der Waals surface area contributed by atoms with Crippen molar-refractivity contribution < 1.29 is 13.9 Å². The number of rotatable bonds is 5. The van der Waals surface area contributed by atoms with Gasteiger partial charge in [-0.25, -0.2) is 4.39 Å². The topological polar surface area (TPSA) is 41.6 Å². The lowest BCUT2D eigenvalue weighted by Crippen LogP contribution is -2.48. The third-order valence-corrected chi connectivity index (χ3v) is 3.51. The van der Waals surface area contributed by atoms with Crippen LogP contribution in [0.1, 0.15) is 19.3 Å². The smallest absolute Gasteiger partial charge is 0.239 e. The number of nitrogens with zero attached hydrogens (tertiary/aromatic N) is 1. The summed E-state index contributed by atoms with van der Waals surface area (Å²) in [6.07, 6.45) is 3.10. The normalized spacial score (nSPS) is 17.7. The number of hydrogen-bond donors (Lipinski definition) is 1. The van der Waals surface area contributed by atoms with E-state index >= 15 is 0 Å². The van der Waals surface area contributed by atoms with Crippen molar-refractivity contribution in [3.05, 3.63) is 30.1 Å². The molecule has 0 radical (unpaired) electrons. The van der Waals surface area contributed by atoms with Crippen LogP contribution in [0.4, 0.5) is 4.39 Å². The van der Waals surface area contributed by atoms with Gasteiger partial charge in [0.15, 0.2) is 11.6 Å². The van der Waals surface area contributed by atoms with Crippen LogP contribution in [0.15, 0.2) is 24.3 Å². The summed E-state index contributed by atoms with van der Waals surface area (Å²) < 4.78 is 18.7. The molecular weight excluding hydrogens is 295 g/mol. The number of halogens is 2. The lowest BCUT2D eigenvalue weighted by atomic mass is 10.0. The molecule has 1 aromatic rings. The summed E-state index contributed by atoms with van der Waals surface area (Å²) in [5.74, 6) is -0.0681. The van der Waals surface area contributed by atoms with Crippen molar-refractivity contribution in [3.8, 4) is 5.75 Å². The van der Waals surface area contributed by atoms with Gasteiger partial charge in [0, 0.05) is 7.05 Å². The van der Waals surface area contributed by atoms with E-state index in [4.69, 9.17) is 4.74 Å². The molecule has 21 heavy (non-hydrogen) atoms. The molecule has 1 fully saturated rings. The van der Waals surface area contributed by atoms with Crippen LogP contribution in [-0.2, 0) is 4.79 Å². The zero-order chi connectivity index (χ0) is 14.4. The molecule has 0 bridgehead atoms. The summed E-state index contributed by atoms with van der Waals surface area (Å²) in [5.41, 5.74) is 0. The monoisotopic (exact) mass is 316 g/mol. The van der Waals surface area contributed by atoms with E-state index in [1.807, 2.05) is 0 Å². The maximum Gasteiger partial charge on any atom is 0.239 e. The predicted octanol–water partition coefficient (Wildman–Crippen LogP) is 2.23. The first kappa shape index (κ1) is 17.7. The van der Waals surface area contributed by atoms with Gasteiger partial charge in [0.2, 0.25) is 5.91 Å². The quantitative estimate of drug-likeness (QED) is 0.905. The van der Waals surface area contributed by atoms with Crippen molar-refractivity contribution in [2.24, 2.45) is 0 Å². The first-order chi connectivity index (χ1) is 9.68. The highest BCUT2D eigenvalue weighted by atomic mass is 35.5. The molecule has 0 spiro atoms. The number of hydrogen-bond acceptors (Lipinski definition) is 3. The van der Waals surface area contributed by atoms with E-state index in [9.17, 15) is 9.18 Å². The number of nitrogens with one attached hydrogen (secondary N) is 1. The van der Waals surface area contributed by atoms with E-state index in [1.54, 1.807) is 30.1 Å². The Bertz CT molecular complexity index is 453. The van der Waals surface area contributed by atoms with Crippen LogP contribution < -0.4 is 10.1 Å². The lowest BCUT2D eigenvalue weighted by molar-refractivity contribution is -0.133. The molecule has 1 saturated heterocycles.